The molecule has 4 fully saturated rings. The van der Waals surface area contributed by atoms with Crippen molar-refractivity contribution in [2.75, 3.05) is 50.1 Å². The molecule has 9 rings (SSSR count). The number of pyridine rings is 1. The van der Waals surface area contributed by atoms with E-state index in [4.69, 9.17) is 9.72 Å². The monoisotopic (exact) mass is 815 g/mol. The lowest BCUT2D eigenvalue weighted by molar-refractivity contribution is -0.135. The molecule has 2 N–H and O–H groups in total. The van der Waals surface area contributed by atoms with Crippen LogP contribution in [0, 0.1) is 22.7 Å². The third-order valence-electron chi connectivity index (χ3n) is 13.5. The van der Waals surface area contributed by atoms with Gasteiger partial charge in [-0.3, -0.25) is 33.8 Å². The zero-order chi connectivity index (χ0) is 40.8. The molecule has 1 atom stereocenters. The highest BCUT2D eigenvalue weighted by Gasteiger charge is 2.39. The Hall–Kier alpha value is -5.59. The minimum absolute atomic E-state index is 0.225. The van der Waals surface area contributed by atoms with Gasteiger partial charge in [0.15, 0.2) is 0 Å². The second kappa shape index (κ2) is 15.9. The lowest BCUT2D eigenvalue weighted by Gasteiger charge is -2.48. The number of nitrogens with one attached hydrogen (secondary N) is 2. The van der Waals surface area contributed by atoms with E-state index in [0.29, 0.717) is 46.2 Å². The average Bonchev–Trinajstić information content (AvgIpc) is 3.79. The molecule has 15 heteroatoms. The molecule has 5 aromatic rings. The highest BCUT2D eigenvalue weighted by molar-refractivity contribution is 7.18. The van der Waals surface area contributed by atoms with Crippen molar-refractivity contribution in [1.29, 1.82) is 5.26 Å². The Morgan fingerprint density at radius 2 is 1.78 bits per heavy atom. The van der Waals surface area contributed by atoms with Gasteiger partial charge in [-0.2, -0.15) is 5.26 Å². The molecule has 3 aliphatic heterocycles. The molecule has 1 spiro atoms. The number of likely N-dealkylation sites (tertiary alicyclic amines) is 1. The van der Waals surface area contributed by atoms with Crippen LogP contribution in [0.3, 0.4) is 0 Å². The summed E-state index contributed by atoms with van der Waals surface area (Å²) in [6.07, 6.45) is 12.7. The van der Waals surface area contributed by atoms with E-state index in [1.807, 2.05) is 30.3 Å². The zero-order valence-electron chi connectivity index (χ0n) is 33.5. The van der Waals surface area contributed by atoms with Crippen LogP contribution >= 0.6 is 11.3 Å². The summed E-state index contributed by atoms with van der Waals surface area (Å²) < 4.78 is 9.87. The van der Waals surface area contributed by atoms with Crippen molar-refractivity contribution < 1.29 is 19.1 Å². The quantitative estimate of drug-likeness (QED) is 0.175. The van der Waals surface area contributed by atoms with E-state index in [1.165, 1.54) is 44.1 Å². The van der Waals surface area contributed by atoms with Gasteiger partial charge in [-0.15, -0.1) is 11.3 Å². The number of ether oxygens (including phenoxy) is 1. The Balaban J connectivity index is 0.777. The molecule has 306 valence electrons. The summed E-state index contributed by atoms with van der Waals surface area (Å²) in [4.78, 5) is 65.2. The minimum atomic E-state index is -0.689. The van der Waals surface area contributed by atoms with Crippen LogP contribution < -0.4 is 26.0 Å². The average molecular weight is 816 g/mol. The van der Waals surface area contributed by atoms with Crippen molar-refractivity contribution in [1.82, 2.24) is 29.3 Å². The van der Waals surface area contributed by atoms with Gasteiger partial charge in [-0.25, -0.2) is 9.78 Å². The summed E-state index contributed by atoms with van der Waals surface area (Å²) in [5, 5.41) is 15.7. The predicted octanol–water partition coefficient (Wildman–Crippen LogP) is 6.11. The maximum absolute atomic E-state index is 13.5. The van der Waals surface area contributed by atoms with Crippen LogP contribution in [-0.2, 0) is 16.6 Å². The summed E-state index contributed by atoms with van der Waals surface area (Å²) in [6, 6.07) is 12.7. The zero-order valence-corrected chi connectivity index (χ0v) is 34.4. The van der Waals surface area contributed by atoms with Crippen molar-refractivity contribution in [2.24, 2.45) is 18.4 Å². The van der Waals surface area contributed by atoms with E-state index in [0.717, 1.165) is 90.4 Å². The second-order valence-electron chi connectivity index (χ2n) is 16.9. The fraction of sp³-hybridized carbons (Fsp3) is 0.477. The van der Waals surface area contributed by atoms with Crippen LogP contribution in [0.1, 0.15) is 97.1 Å². The van der Waals surface area contributed by atoms with E-state index in [1.54, 1.807) is 34.6 Å². The number of methoxy groups -OCH3 is 1. The van der Waals surface area contributed by atoms with Crippen molar-refractivity contribution in [3.63, 3.8) is 0 Å². The van der Waals surface area contributed by atoms with Gasteiger partial charge in [0.25, 0.3) is 5.91 Å². The largest absolute Gasteiger partial charge is 0.494 e. The van der Waals surface area contributed by atoms with Crippen molar-refractivity contribution >= 4 is 61.7 Å². The summed E-state index contributed by atoms with van der Waals surface area (Å²) >= 11 is 1.69. The SMILES string of the molecule is COc1cc2nc([C@H]3CC[C@H](CN4CCC5(CC4)CCN(c4cccc6c4n(C)c(=O)n6C4CCC(=O)NC4=O)CC5)CC3)sc2cc1NC(=O)c1cncc(C#N)c1. The van der Waals surface area contributed by atoms with E-state index in [9.17, 15) is 24.4 Å². The molecule has 3 aromatic heterocycles. The van der Waals surface area contributed by atoms with E-state index >= 15 is 0 Å². The van der Waals surface area contributed by atoms with Gasteiger partial charge in [-0.05, 0) is 106 Å². The third-order valence-corrected chi connectivity index (χ3v) is 14.7. The number of fused-ring (bicyclic) bond motifs is 2. The van der Waals surface area contributed by atoms with E-state index in [2.05, 4.69) is 31.5 Å². The number of carbonyl (C=O) groups is 3. The number of aromatic nitrogens is 4. The second-order valence-corrected chi connectivity index (χ2v) is 18.0. The molecule has 6 heterocycles. The van der Waals surface area contributed by atoms with Crippen LogP contribution in [0.5, 0.6) is 5.75 Å². The standard InChI is InChI=1S/C44H49N9O5S/c1-50-39-33(4-3-5-34(39)53(43(50)57)35-10-11-38(54)49-41(35)56)52-18-14-44(15-19-52)12-16-51(17-13-44)26-27-6-8-29(9-7-27)42-48-32-21-36(58-2)31(22-37(32)59-42)47-40(55)30-20-28(23-45)24-46-25-30/h3-5,20-22,24-25,27,29,35H,6-19,26H2,1-2H3,(H,47,55)(H,49,54,56)/t27-,29-,35?. The number of nitriles is 1. The van der Waals surface area contributed by atoms with Crippen LogP contribution in [-0.4, -0.2) is 81.6 Å². The third kappa shape index (κ3) is 7.48. The highest BCUT2D eigenvalue weighted by atomic mass is 32.1. The number of amides is 3. The number of thiazole rings is 1. The molecule has 59 heavy (non-hydrogen) atoms. The van der Waals surface area contributed by atoms with Crippen LogP contribution in [0.2, 0.25) is 0 Å². The number of benzene rings is 2. The number of hydrogen-bond donors (Lipinski definition) is 2. The Morgan fingerprint density at radius 3 is 2.51 bits per heavy atom. The first kappa shape index (κ1) is 38.9. The molecule has 1 unspecified atom stereocenters. The Labute approximate surface area is 346 Å². The topological polar surface area (TPSA) is 167 Å². The van der Waals surface area contributed by atoms with Crippen molar-refractivity contribution in [3.05, 3.63) is 75.4 Å². The van der Waals surface area contributed by atoms with E-state index in [-0.39, 0.29) is 23.9 Å². The number of carbonyl (C=O) groups excluding carboxylic acids is 3. The number of rotatable bonds is 8. The molecule has 4 aliphatic rings. The summed E-state index contributed by atoms with van der Waals surface area (Å²) in [7, 11) is 3.36. The smallest absolute Gasteiger partial charge is 0.329 e. The van der Waals surface area contributed by atoms with Gasteiger partial charge >= 0.3 is 5.69 Å². The first-order valence-electron chi connectivity index (χ1n) is 20.8. The maximum atomic E-state index is 13.5. The van der Waals surface area contributed by atoms with E-state index < -0.39 is 11.9 Å². The molecular formula is C44H49N9O5S. The number of piperidine rings is 3. The van der Waals surface area contributed by atoms with Crippen LogP contribution in [0.25, 0.3) is 21.3 Å². The fourth-order valence-corrected chi connectivity index (χ4v) is 11.2. The molecule has 2 aromatic carbocycles. The molecule has 0 bridgehead atoms. The van der Waals surface area contributed by atoms with Gasteiger partial charge < -0.3 is 19.9 Å². The molecule has 1 saturated carbocycles. The Morgan fingerprint density at radius 1 is 1.02 bits per heavy atom. The first-order chi connectivity index (χ1) is 28.6. The summed E-state index contributed by atoms with van der Waals surface area (Å²) in [5.41, 5.74) is 4.80. The predicted molar refractivity (Wildman–Crippen MR) is 226 cm³/mol. The lowest BCUT2D eigenvalue weighted by Crippen LogP contribution is -2.48. The van der Waals surface area contributed by atoms with Gasteiger partial charge in [-0.1, -0.05) is 6.07 Å². The van der Waals surface area contributed by atoms with Crippen LogP contribution in [0.4, 0.5) is 11.4 Å². The number of nitrogens with zero attached hydrogens (tertiary/aromatic N) is 7. The summed E-state index contributed by atoms with van der Waals surface area (Å²) in [5.74, 6) is 0.592. The first-order valence-corrected chi connectivity index (χ1v) is 21.6. The van der Waals surface area contributed by atoms with Crippen molar-refractivity contribution in [3.8, 4) is 11.8 Å². The minimum Gasteiger partial charge on any atom is -0.494 e. The molecule has 1 aliphatic carbocycles. The molecule has 0 radical (unpaired) electrons. The molecule has 14 nitrogen and oxygen atoms in total. The van der Waals surface area contributed by atoms with Crippen LogP contribution in [0.15, 0.2) is 53.6 Å². The van der Waals surface area contributed by atoms with Gasteiger partial charge in [0.05, 0.1) is 55.9 Å². The number of hydrogen-bond acceptors (Lipinski definition) is 11. The Bertz CT molecular complexity index is 2540. The number of imide groups is 1. The normalized spacial score (nSPS) is 22.4. The summed E-state index contributed by atoms with van der Waals surface area (Å²) in [6.45, 7) is 5.30. The van der Waals surface area contributed by atoms with Gasteiger partial charge in [0, 0.05) is 57.5 Å². The number of para-hydroxylation sites is 1. The lowest BCUT2D eigenvalue weighted by atomic mass is 9.71. The molecule has 3 saturated heterocycles. The number of aryl methyl sites for hydroxylation is 1. The fourth-order valence-electron chi connectivity index (χ4n) is 10.0. The van der Waals surface area contributed by atoms with Gasteiger partial charge in [0.2, 0.25) is 11.8 Å². The Kier molecular flexibility index (Phi) is 10.5. The van der Waals surface area contributed by atoms with Crippen molar-refractivity contribution in [2.45, 2.75) is 76.2 Å². The maximum Gasteiger partial charge on any atom is 0.329 e. The van der Waals surface area contributed by atoms with Gasteiger partial charge in [0.1, 0.15) is 17.9 Å². The molecule has 3 amide bonds. The highest BCUT2D eigenvalue weighted by Crippen LogP contribution is 2.45. The number of anilines is 2. The number of imidazole rings is 1. The molecular weight excluding hydrogens is 767 g/mol.